The van der Waals surface area contributed by atoms with E-state index in [4.69, 9.17) is 18.9 Å². The van der Waals surface area contributed by atoms with Gasteiger partial charge in [-0.25, -0.2) is 0 Å². The number of benzene rings is 3. The van der Waals surface area contributed by atoms with Crippen LogP contribution in [0, 0.1) is 13.8 Å². The number of nitrogens with zero attached hydrogens (tertiary/aromatic N) is 2. The van der Waals surface area contributed by atoms with E-state index in [1.165, 1.54) is 0 Å². The third-order valence-corrected chi connectivity index (χ3v) is 7.99. The van der Waals surface area contributed by atoms with Crippen molar-refractivity contribution >= 4 is 5.91 Å². The lowest BCUT2D eigenvalue weighted by Gasteiger charge is -2.27. The van der Waals surface area contributed by atoms with Crippen LogP contribution in [-0.4, -0.2) is 60.1 Å². The lowest BCUT2D eigenvalue weighted by molar-refractivity contribution is 0.0745. The molecule has 2 N–H and O–H groups in total. The maximum absolute atomic E-state index is 14.0. The molecule has 0 radical (unpaired) electrons. The van der Waals surface area contributed by atoms with Crippen LogP contribution in [0.25, 0.3) is 11.3 Å². The number of hydrogen-bond acceptors (Lipinski definition) is 7. The molecule has 232 valence electrons. The number of aryl methyl sites for hydroxylation is 2. The fraction of sp³-hybridized carbons (Fsp3) is 0.371. The number of phenols is 1. The first-order valence-corrected chi connectivity index (χ1v) is 15.1. The number of amides is 1. The van der Waals surface area contributed by atoms with Gasteiger partial charge in [-0.05, 0) is 86.2 Å². The minimum atomic E-state index is -0.476. The van der Waals surface area contributed by atoms with Crippen molar-refractivity contribution in [1.82, 2.24) is 15.1 Å². The third-order valence-electron chi connectivity index (χ3n) is 7.99. The molecule has 1 aliphatic heterocycles. The Hall–Kier alpha value is -4.66. The van der Waals surface area contributed by atoms with Crippen LogP contribution in [0.4, 0.5) is 0 Å². The molecule has 0 bridgehead atoms. The Bertz CT molecular complexity index is 1650. The molecule has 1 aliphatic rings. The summed E-state index contributed by atoms with van der Waals surface area (Å²) in [4.78, 5) is 15.9. The Labute approximate surface area is 258 Å². The van der Waals surface area contributed by atoms with E-state index in [1.54, 1.807) is 14.2 Å². The van der Waals surface area contributed by atoms with Gasteiger partial charge in [0.25, 0.3) is 5.91 Å². The number of hydrogen-bond donors (Lipinski definition) is 2. The molecule has 0 spiro atoms. The molecule has 5 rings (SSSR count). The Morgan fingerprint density at radius 2 is 1.70 bits per heavy atom. The van der Waals surface area contributed by atoms with Gasteiger partial charge in [0.05, 0.1) is 33.5 Å². The number of phenolic OH excluding ortho intramolecular Hbond substituents is 1. The summed E-state index contributed by atoms with van der Waals surface area (Å²) in [5.41, 5.74) is 5.89. The maximum atomic E-state index is 14.0. The van der Waals surface area contributed by atoms with Crippen LogP contribution in [0.15, 0.2) is 48.5 Å². The van der Waals surface area contributed by atoms with Crippen molar-refractivity contribution < 1.29 is 28.8 Å². The molecule has 0 saturated heterocycles. The smallest absolute Gasteiger partial charge is 0.273 e. The number of H-pyrrole nitrogens is 1. The Kier molecular flexibility index (Phi) is 9.32. The van der Waals surface area contributed by atoms with Gasteiger partial charge in [-0.15, -0.1) is 0 Å². The summed E-state index contributed by atoms with van der Waals surface area (Å²) >= 11 is 0. The summed E-state index contributed by atoms with van der Waals surface area (Å²) in [6.45, 7) is 9.40. The molecule has 9 nitrogen and oxygen atoms in total. The fourth-order valence-corrected chi connectivity index (χ4v) is 5.81. The molecule has 0 aliphatic carbocycles. The number of aromatic nitrogens is 2. The van der Waals surface area contributed by atoms with Gasteiger partial charge in [0.1, 0.15) is 17.1 Å². The van der Waals surface area contributed by atoms with Crippen molar-refractivity contribution in [1.29, 1.82) is 0 Å². The number of aromatic hydroxyl groups is 1. The Balaban J connectivity index is 1.59. The van der Waals surface area contributed by atoms with E-state index in [9.17, 15) is 9.90 Å². The summed E-state index contributed by atoms with van der Waals surface area (Å²) in [6.07, 6.45) is 2.55. The minimum absolute atomic E-state index is 0.148. The largest absolute Gasteiger partial charge is 0.507 e. The molecule has 1 amide bonds. The predicted molar refractivity (Wildman–Crippen MR) is 169 cm³/mol. The van der Waals surface area contributed by atoms with E-state index in [0.29, 0.717) is 66.1 Å². The van der Waals surface area contributed by atoms with E-state index in [2.05, 4.69) is 17.1 Å². The van der Waals surface area contributed by atoms with Gasteiger partial charge in [-0.1, -0.05) is 31.5 Å². The highest BCUT2D eigenvalue weighted by Crippen LogP contribution is 2.46. The van der Waals surface area contributed by atoms with Crippen molar-refractivity contribution in [3.8, 4) is 40.0 Å². The van der Waals surface area contributed by atoms with Gasteiger partial charge in [-0.3, -0.25) is 9.89 Å². The van der Waals surface area contributed by atoms with Gasteiger partial charge in [0, 0.05) is 17.7 Å². The zero-order valence-electron chi connectivity index (χ0n) is 26.3. The first-order chi connectivity index (χ1) is 21.3. The van der Waals surface area contributed by atoms with Crippen molar-refractivity contribution in [2.45, 2.75) is 53.0 Å². The first kappa shape index (κ1) is 30.8. The number of fused-ring (bicyclic) bond motifs is 1. The summed E-state index contributed by atoms with van der Waals surface area (Å²) in [6, 6.07) is 15.0. The quantitative estimate of drug-likeness (QED) is 0.163. The lowest BCUT2D eigenvalue weighted by atomic mass is 9.93. The van der Waals surface area contributed by atoms with Gasteiger partial charge < -0.3 is 29.0 Å². The number of ether oxygens (including phenoxy) is 4. The molecule has 1 aromatic heterocycles. The topological polar surface area (TPSA) is 106 Å². The summed E-state index contributed by atoms with van der Waals surface area (Å²) in [7, 11) is 3.21. The van der Waals surface area contributed by atoms with Crippen LogP contribution in [0.1, 0.15) is 71.0 Å². The number of rotatable bonds is 13. The van der Waals surface area contributed by atoms with E-state index < -0.39 is 6.04 Å². The summed E-state index contributed by atoms with van der Waals surface area (Å²) < 4.78 is 23.0. The number of unbranched alkanes of at least 4 members (excludes halogenated alkanes) is 1. The highest BCUT2D eigenvalue weighted by atomic mass is 16.5. The fourth-order valence-electron chi connectivity index (χ4n) is 5.81. The molecule has 0 fully saturated rings. The molecule has 9 heteroatoms. The lowest BCUT2D eigenvalue weighted by Crippen LogP contribution is -2.31. The molecule has 1 unspecified atom stereocenters. The van der Waals surface area contributed by atoms with Crippen LogP contribution in [0.3, 0.4) is 0 Å². The van der Waals surface area contributed by atoms with E-state index >= 15 is 0 Å². The van der Waals surface area contributed by atoms with Crippen LogP contribution >= 0.6 is 0 Å². The number of carbonyl (C=O) groups is 1. The number of carbonyl (C=O) groups excluding carboxylic acids is 1. The van der Waals surface area contributed by atoms with E-state index in [-0.39, 0.29) is 11.7 Å². The summed E-state index contributed by atoms with van der Waals surface area (Å²) in [5, 5.41) is 18.7. The molecule has 1 atom stereocenters. The van der Waals surface area contributed by atoms with Crippen molar-refractivity contribution in [2.24, 2.45) is 0 Å². The van der Waals surface area contributed by atoms with Gasteiger partial charge in [-0.2, -0.15) is 5.10 Å². The molecular formula is C35H41N3O6. The average Bonchev–Trinajstić information content (AvgIpc) is 3.57. The highest BCUT2D eigenvalue weighted by molar-refractivity contribution is 6.00. The standard InChI is InChI=1S/C35H41N3O6/c1-7-9-16-44-27-13-11-24(20-29(27)43-8-2)33-30-31(25-18-21(3)17-22(4)34(25)39)36-37-32(30)35(40)38(33)15-14-23-10-12-26(41-5)28(19-23)42-6/h10-13,17-20,33,39H,7-9,14-16H2,1-6H3,(H,36,37). The zero-order chi connectivity index (χ0) is 31.4. The molecule has 0 saturated carbocycles. The second-order valence-electron chi connectivity index (χ2n) is 11.0. The molecular weight excluding hydrogens is 558 g/mol. The SMILES string of the molecule is CCCCOc1ccc(C2c3c(-c4cc(C)cc(C)c4O)n[nH]c3C(=O)N2CCc2ccc(OC)c(OC)c2)cc1OCC. The zero-order valence-corrected chi connectivity index (χ0v) is 26.3. The normalized spacial score (nSPS) is 14.1. The number of methoxy groups -OCH3 is 2. The second kappa shape index (κ2) is 13.3. The van der Waals surface area contributed by atoms with Gasteiger partial charge in [0.15, 0.2) is 23.0 Å². The molecule has 4 aromatic rings. The van der Waals surface area contributed by atoms with Crippen LogP contribution in [0.5, 0.6) is 28.7 Å². The highest BCUT2D eigenvalue weighted by Gasteiger charge is 2.42. The monoisotopic (exact) mass is 599 g/mol. The average molecular weight is 600 g/mol. The van der Waals surface area contributed by atoms with Crippen LogP contribution in [0.2, 0.25) is 0 Å². The summed E-state index contributed by atoms with van der Waals surface area (Å²) in [5.74, 6) is 2.57. The Morgan fingerprint density at radius 1 is 0.932 bits per heavy atom. The predicted octanol–water partition coefficient (Wildman–Crippen LogP) is 6.78. The molecule has 2 heterocycles. The third kappa shape index (κ3) is 5.91. The minimum Gasteiger partial charge on any atom is -0.507 e. The van der Waals surface area contributed by atoms with Crippen LogP contribution in [-0.2, 0) is 6.42 Å². The van der Waals surface area contributed by atoms with Gasteiger partial charge >= 0.3 is 0 Å². The first-order valence-electron chi connectivity index (χ1n) is 15.1. The van der Waals surface area contributed by atoms with Crippen molar-refractivity contribution in [3.63, 3.8) is 0 Å². The number of aromatic amines is 1. The van der Waals surface area contributed by atoms with Crippen LogP contribution < -0.4 is 18.9 Å². The van der Waals surface area contributed by atoms with Crippen molar-refractivity contribution in [3.05, 3.63) is 82.0 Å². The molecule has 3 aromatic carbocycles. The van der Waals surface area contributed by atoms with Crippen molar-refractivity contribution in [2.75, 3.05) is 34.0 Å². The maximum Gasteiger partial charge on any atom is 0.273 e. The molecule has 44 heavy (non-hydrogen) atoms. The number of nitrogens with one attached hydrogen (secondary N) is 1. The van der Waals surface area contributed by atoms with E-state index in [1.807, 2.05) is 74.2 Å². The second-order valence-corrected chi connectivity index (χ2v) is 11.0. The van der Waals surface area contributed by atoms with E-state index in [0.717, 1.165) is 40.7 Å². The van der Waals surface area contributed by atoms with Gasteiger partial charge in [0.2, 0.25) is 0 Å². The Morgan fingerprint density at radius 3 is 2.43 bits per heavy atom.